The fourth-order valence-electron chi connectivity index (χ4n) is 1.84. The number of rotatable bonds is 5. The van der Waals surface area contributed by atoms with Crippen molar-refractivity contribution >= 4 is 0 Å². The smallest absolute Gasteiger partial charge is 0.123 e. The van der Waals surface area contributed by atoms with E-state index in [9.17, 15) is 0 Å². The predicted molar refractivity (Wildman–Crippen MR) is 78.2 cm³/mol. The number of hydrogen-bond donors (Lipinski definition) is 1. The van der Waals surface area contributed by atoms with Crippen LogP contribution in [0.1, 0.15) is 18.1 Å². The summed E-state index contributed by atoms with van der Waals surface area (Å²) >= 11 is 0. The minimum Gasteiger partial charge on any atom is -0.497 e. The van der Waals surface area contributed by atoms with Gasteiger partial charge in [-0.1, -0.05) is 37.3 Å². The predicted octanol–water partition coefficient (Wildman–Crippen LogP) is 4.00. The highest BCUT2D eigenvalue weighted by Gasteiger charge is 2.04. The molecule has 102 valence electrons. The zero-order chi connectivity index (χ0) is 12.8. The lowest BCUT2D eigenvalue weighted by molar-refractivity contribution is 0.302. The highest BCUT2D eigenvalue weighted by atomic mass is 16.5. The normalized spacial score (nSPS) is 9.58. The molecule has 0 spiro atoms. The topological polar surface area (TPSA) is 53.5 Å². The molecule has 3 N–H and O–H groups in total. The van der Waals surface area contributed by atoms with E-state index in [1.807, 2.05) is 36.4 Å². The van der Waals surface area contributed by atoms with Crippen LogP contribution in [0.25, 0.3) is 0 Å². The van der Waals surface area contributed by atoms with Crippen molar-refractivity contribution in [2.24, 2.45) is 0 Å². The van der Waals surface area contributed by atoms with Gasteiger partial charge >= 0.3 is 0 Å². The fraction of sp³-hybridized carbons (Fsp3) is 0.250. The summed E-state index contributed by atoms with van der Waals surface area (Å²) in [5.74, 6) is 1.81. The molecular formula is C16H21NO2. The van der Waals surface area contributed by atoms with Crippen LogP contribution in [0.4, 0.5) is 0 Å². The van der Waals surface area contributed by atoms with E-state index in [1.54, 1.807) is 7.11 Å². The number of methoxy groups -OCH3 is 1. The van der Waals surface area contributed by atoms with Crippen LogP contribution in [0, 0.1) is 0 Å². The molecule has 0 radical (unpaired) electrons. The molecule has 0 bridgehead atoms. The van der Waals surface area contributed by atoms with Gasteiger partial charge in [0.15, 0.2) is 0 Å². The summed E-state index contributed by atoms with van der Waals surface area (Å²) in [5.41, 5.74) is 2.35. The number of ether oxygens (including phenoxy) is 2. The molecule has 3 heteroatoms. The second-order valence-corrected chi connectivity index (χ2v) is 4.10. The Morgan fingerprint density at radius 1 is 1.00 bits per heavy atom. The van der Waals surface area contributed by atoms with E-state index in [0.29, 0.717) is 6.61 Å². The Kier molecular flexibility index (Phi) is 5.90. The molecule has 0 saturated heterocycles. The number of benzene rings is 2. The molecule has 0 aliphatic rings. The van der Waals surface area contributed by atoms with Crippen molar-refractivity contribution in [3.63, 3.8) is 0 Å². The molecule has 0 unspecified atom stereocenters. The largest absolute Gasteiger partial charge is 0.497 e. The first-order valence-electron chi connectivity index (χ1n) is 6.17. The lowest BCUT2D eigenvalue weighted by Crippen LogP contribution is -1.98. The van der Waals surface area contributed by atoms with Crippen LogP contribution < -0.4 is 15.6 Å². The van der Waals surface area contributed by atoms with Crippen LogP contribution in [-0.2, 0) is 13.0 Å². The van der Waals surface area contributed by atoms with Gasteiger partial charge in [-0.15, -0.1) is 0 Å². The van der Waals surface area contributed by atoms with Crippen molar-refractivity contribution < 1.29 is 9.47 Å². The van der Waals surface area contributed by atoms with Gasteiger partial charge < -0.3 is 15.6 Å². The zero-order valence-electron chi connectivity index (χ0n) is 11.6. The maximum absolute atomic E-state index is 5.86. The molecule has 3 nitrogen and oxygen atoms in total. The van der Waals surface area contributed by atoms with E-state index >= 15 is 0 Å². The molecular weight excluding hydrogens is 238 g/mol. The SMILES string of the molecule is CCc1cc(OC)ccc1OCc1ccccc1.N. The van der Waals surface area contributed by atoms with E-state index in [-0.39, 0.29) is 6.15 Å². The summed E-state index contributed by atoms with van der Waals surface area (Å²) in [5, 5.41) is 0. The summed E-state index contributed by atoms with van der Waals surface area (Å²) in [6, 6.07) is 16.1. The molecule has 0 atom stereocenters. The molecule has 0 heterocycles. The Morgan fingerprint density at radius 2 is 1.74 bits per heavy atom. The maximum Gasteiger partial charge on any atom is 0.123 e. The fourth-order valence-corrected chi connectivity index (χ4v) is 1.84. The summed E-state index contributed by atoms with van der Waals surface area (Å²) in [7, 11) is 1.68. The van der Waals surface area contributed by atoms with Crippen LogP contribution in [0.3, 0.4) is 0 Å². The third kappa shape index (κ3) is 4.00. The molecule has 0 fully saturated rings. The third-order valence-corrected chi connectivity index (χ3v) is 2.89. The number of aryl methyl sites for hydroxylation is 1. The molecule has 19 heavy (non-hydrogen) atoms. The first-order chi connectivity index (χ1) is 8.83. The summed E-state index contributed by atoms with van der Waals surface area (Å²) in [6.45, 7) is 2.71. The Balaban J connectivity index is 0.00000180. The molecule has 2 aromatic carbocycles. The zero-order valence-corrected chi connectivity index (χ0v) is 11.6. The monoisotopic (exact) mass is 259 g/mol. The molecule has 0 aliphatic heterocycles. The van der Waals surface area contributed by atoms with Crippen molar-refractivity contribution in [2.45, 2.75) is 20.0 Å². The molecule has 2 aromatic rings. The average Bonchev–Trinajstić information content (AvgIpc) is 2.46. The van der Waals surface area contributed by atoms with Crippen molar-refractivity contribution in [1.82, 2.24) is 6.15 Å². The highest BCUT2D eigenvalue weighted by molar-refractivity contribution is 5.40. The Hall–Kier alpha value is -2.00. The summed E-state index contributed by atoms with van der Waals surface area (Å²) in [6.07, 6.45) is 0.932. The van der Waals surface area contributed by atoms with Crippen LogP contribution in [0.5, 0.6) is 11.5 Å². The van der Waals surface area contributed by atoms with Gasteiger partial charge in [0.1, 0.15) is 18.1 Å². The van der Waals surface area contributed by atoms with Gasteiger partial charge in [0.05, 0.1) is 7.11 Å². The van der Waals surface area contributed by atoms with E-state index in [1.165, 1.54) is 11.1 Å². The van der Waals surface area contributed by atoms with E-state index in [4.69, 9.17) is 9.47 Å². The Morgan fingerprint density at radius 3 is 2.37 bits per heavy atom. The molecule has 0 aromatic heterocycles. The van der Waals surface area contributed by atoms with E-state index < -0.39 is 0 Å². The minimum absolute atomic E-state index is 0. The maximum atomic E-state index is 5.86. The standard InChI is InChI=1S/C16H18O2.H3N/c1-3-14-11-15(17-2)9-10-16(14)18-12-13-7-5-4-6-8-13;/h4-11H,3,12H2,1-2H3;1H3. The van der Waals surface area contributed by atoms with Crippen LogP contribution in [0.15, 0.2) is 48.5 Å². The van der Waals surface area contributed by atoms with Crippen LogP contribution in [-0.4, -0.2) is 7.11 Å². The lowest BCUT2D eigenvalue weighted by Gasteiger charge is -2.11. The number of hydrogen-bond acceptors (Lipinski definition) is 3. The van der Waals surface area contributed by atoms with Crippen molar-refractivity contribution in [3.05, 3.63) is 59.7 Å². The van der Waals surface area contributed by atoms with Crippen molar-refractivity contribution in [3.8, 4) is 11.5 Å². The summed E-state index contributed by atoms with van der Waals surface area (Å²) < 4.78 is 11.1. The van der Waals surface area contributed by atoms with Crippen molar-refractivity contribution in [2.75, 3.05) is 7.11 Å². The second-order valence-electron chi connectivity index (χ2n) is 4.10. The molecule has 0 aliphatic carbocycles. The highest BCUT2D eigenvalue weighted by Crippen LogP contribution is 2.25. The van der Waals surface area contributed by atoms with Gasteiger partial charge in [0.2, 0.25) is 0 Å². The second kappa shape index (κ2) is 7.44. The lowest BCUT2D eigenvalue weighted by atomic mass is 10.1. The average molecular weight is 259 g/mol. The van der Waals surface area contributed by atoms with Gasteiger partial charge in [-0.25, -0.2) is 0 Å². The molecule has 2 rings (SSSR count). The van der Waals surface area contributed by atoms with E-state index in [0.717, 1.165) is 17.9 Å². The van der Waals surface area contributed by atoms with E-state index in [2.05, 4.69) is 19.1 Å². The van der Waals surface area contributed by atoms with Gasteiger partial charge in [-0.2, -0.15) is 0 Å². The van der Waals surface area contributed by atoms with Gasteiger partial charge in [-0.05, 0) is 35.7 Å². The van der Waals surface area contributed by atoms with Crippen LogP contribution in [0.2, 0.25) is 0 Å². The van der Waals surface area contributed by atoms with Gasteiger partial charge in [0, 0.05) is 0 Å². The van der Waals surface area contributed by atoms with Gasteiger partial charge in [-0.3, -0.25) is 0 Å². The quantitative estimate of drug-likeness (QED) is 0.883. The van der Waals surface area contributed by atoms with Gasteiger partial charge in [0.25, 0.3) is 0 Å². The third-order valence-electron chi connectivity index (χ3n) is 2.89. The first-order valence-corrected chi connectivity index (χ1v) is 6.17. The molecule has 0 saturated carbocycles. The first kappa shape index (κ1) is 15.1. The summed E-state index contributed by atoms with van der Waals surface area (Å²) in [4.78, 5) is 0. The van der Waals surface area contributed by atoms with Crippen molar-refractivity contribution in [1.29, 1.82) is 0 Å². The Bertz CT molecular complexity index is 497. The minimum atomic E-state index is 0. The Labute approximate surface area is 114 Å². The van der Waals surface area contributed by atoms with Crippen LogP contribution >= 0.6 is 0 Å². The molecule has 0 amide bonds.